The van der Waals surface area contributed by atoms with E-state index in [9.17, 15) is 4.79 Å². The Morgan fingerprint density at radius 1 is 0.971 bits per heavy atom. The maximum absolute atomic E-state index is 13.6. The van der Waals surface area contributed by atoms with Gasteiger partial charge in [0.05, 0.1) is 16.1 Å². The Labute approximate surface area is 207 Å². The number of furan rings is 1. The molecule has 2 aromatic heterocycles. The van der Waals surface area contributed by atoms with Crippen molar-refractivity contribution in [1.29, 1.82) is 0 Å². The fourth-order valence-electron chi connectivity index (χ4n) is 5.69. The van der Waals surface area contributed by atoms with Gasteiger partial charge in [-0.25, -0.2) is 4.98 Å². The molecule has 4 nitrogen and oxygen atoms in total. The summed E-state index contributed by atoms with van der Waals surface area (Å²) in [6, 6.07) is 24.8. The van der Waals surface area contributed by atoms with Crippen LogP contribution in [0.3, 0.4) is 0 Å². The zero-order valence-corrected chi connectivity index (χ0v) is 20.4. The zero-order valence-electron chi connectivity index (χ0n) is 19.6. The Balaban J connectivity index is 1.44. The molecule has 0 saturated carbocycles. The molecular weight excluding hydrogens is 452 g/mol. The van der Waals surface area contributed by atoms with Gasteiger partial charge < -0.3 is 9.73 Å². The normalized spacial score (nSPS) is 19.0. The third-order valence-corrected chi connectivity index (χ3v) is 8.22. The SMILES string of the molecule is CC1(C)CC(=O)C2=C(C1)Nc1ccc3ccccc3c1C2c1ccc(-c2nc3ccccc3s2)o1. The average Bonchev–Trinajstić information content (AvgIpc) is 3.49. The second-order valence-corrected chi connectivity index (χ2v) is 11.4. The minimum absolute atomic E-state index is 0.0723. The summed E-state index contributed by atoms with van der Waals surface area (Å²) in [4.78, 5) is 18.4. The lowest BCUT2D eigenvalue weighted by atomic mass is 9.69. The highest BCUT2D eigenvalue weighted by atomic mass is 32.1. The standard InChI is InChI=1S/C30H24N2O2S/c1-30(2)15-21-27(22(33)16-30)28(26-18-8-4-3-7-17(18)11-12-20(26)31-21)23-13-14-24(34-23)29-32-19-9-5-6-10-25(19)35-29/h3-14,28,31H,15-16H2,1-2H3. The molecule has 3 aromatic carbocycles. The predicted molar refractivity (Wildman–Crippen MR) is 142 cm³/mol. The molecule has 0 saturated heterocycles. The summed E-state index contributed by atoms with van der Waals surface area (Å²) in [6.07, 6.45) is 1.37. The number of hydrogen-bond donors (Lipinski definition) is 1. The highest BCUT2D eigenvalue weighted by molar-refractivity contribution is 7.21. The summed E-state index contributed by atoms with van der Waals surface area (Å²) >= 11 is 1.63. The van der Waals surface area contributed by atoms with Crippen LogP contribution < -0.4 is 5.32 Å². The molecule has 0 radical (unpaired) electrons. The van der Waals surface area contributed by atoms with E-state index in [1.165, 1.54) is 0 Å². The van der Waals surface area contributed by atoms with Gasteiger partial charge in [-0.2, -0.15) is 0 Å². The van der Waals surface area contributed by atoms with Crippen molar-refractivity contribution in [3.8, 4) is 10.8 Å². The molecule has 2 aliphatic rings. The van der Waals surface area contributed by atoms with Gasteiger partial charge >= 0.3 is 0 Å². The molecule has 1 aliphatic carbocycles. The Morgan fingerprint density at radius 2 is 1.80 bits per heavy atom. The molecule has 0 spiro atoms. The largest absolute Gasteiger partial charge is 0.458 e. The smallest absolute Gasteiger partial charge is 0.162 e. The highest BCUT2D eigenvalue weighted by Crippen LogP contribution is 2.51. The fraction of sp³-hybridized carbons (Fsp3) is 0.200. The topological polar surface area (TPSA) is 55.1 Å². The summed E-state index contributed by atoms with van der Waals surface area (Å²) in [5, 5.41) is 6.80. The van der Waals surface area contributed by atoms with E-state index >= 15 is 0 Å². The minimum atomic E-state index is -0.251. The number of nitrogens with zero attached hydrogens (tertiary/aromatic N) is 1. The van der Waals surface area contributed by atoms with Crippen LogP contribution in [0.15, 0.2) is 88.5 Å². The van der Waals surface area contributed by atoms with Crippen LogP contribution in [0.5, 0.6) is 0 Å². The minimum Gasteiger partial charge on any atom is -0.458 e. The van der Waals surface area contributed by atoms with Gasteiger partial charge in [0.15, 0.2) is 16.6 Å². The Morgan fingerprint density at radius 3 is 2.69 bits per heavy atom. The number of carbonyl (C=O) groups is 1. The third-order valence-electron chi connectivity index (χ3n) is 7.17. The van der Waals surface area contributed by atoms with Crippen LogP contribution in [0, 0.1) is 5.41 Å². The number of rotatable bonds is 2. The maximum Gasteiger partial charge on any atom is 0.162 e. The van der Waals surface area contributed by atoms with Crippen molar-refractivity contribution < 1.29 is 9.21 Å². The van der Waals surface area contributed by atoms with Crippen LogP contribution in [-0.4, -0.2) is 10.8 Å². The molecule has 1 N–H and O–H groups in total. The van der Waals surface area contributed by atoms with Gasteiger partial charge in [0, 0.05) is 23.4 Å². The molecule has 5 aromatic rings. The number of carbonyl (C=O) groups excluding carboxylic acids is 1. The Hall–Kier alpha value is -3.70. The quantitative estimate of drug-likeness (QED) is 0.281. The molecule has 1 unspecified atom stereocenters. The molecular formula is C30H24N2O2S. The maximum atomic E-state index is 13.6. The number of anilines is 1. The number of aromatic nitrogens is 1. The van der Waals surface area contributed by atoms with Crippen LogP contribution in [0.2, 0.25) is 0 Å². The summed E-state index contributed by atoms with van der Waals surface area (Å²) in [6.45, 7) is 4.33. The van der Waals surface area contributed by atoms with Crippen LogP contribution in [-0.2, 0) is 4.79 Å². The van der Waals surface area contributed by atoms with Crippen LogP contribution in [0.4, 0.5) is 5.69 Å². The van der Waals surface area contributed by atoms with E-state index in [2.05, 4.69) is 61.6 Å². The first-order chi connectivity index (χ1) is 17.0. The van der Waals surface area contributed by atoms with Crippen molar-refractivity contribution in [1.82, 2.24) is 4.98 Å². The van der Waals surface area contributed by atoms with Gasteiger partial charge in [-0.15, -0.1) is 11.3 Å². The van der Waals surface area contributed by atoms with E-state index in [4.69, 9.17) is 9.40 Å². The Kier molecular flexibility index (Phi) is 4.37. The van der Waals surface area contributed by atoms with Crippen LogP contribution in [0.25, 0.3) is 31.8 Å². The first kappa shape index (κ1) is 20.7. The second-order valence-electron chi connectivity index (χ2n) is 10.3. The molecule has 0 bridgehead atoms. The first-order valence-corrected chi connectivity index (χ1v) is 12.8. The van der Waals surface area contributed by atoms with Crippen molar-refractivity contribution in [3.63, 3.8) is 0 Å². The van der Waals surface area contributed by atoms with Crippen molar-refractivity contribution in [2.75, 3.05) is 5.32 Å². The summed E-state index contributed by atoms with van der Waals surface area (Å²) < 4.78 is 7.66. The Bertz CT molecular complexity index is 1650. The molecule has 7 rings (SSSR count). The van der Waals surface area contributed by atoms with Gasteiger partial charge in [-0.1, -0.05) is 56.3 Å². The second kappa shape index (κ2) is 7.40. The number of nitrogens with one attached hydrogen (secondary N) is 1. The van der Waals surface area contributed by atoms with E-state index in [1.54, 1.807) is 11.3 Å². The fourth-order valence-corrected chi connectivity index (χ4v) is 6.62. The number of allylic oxidation sites excluding steroid dienone is 2. The molecule has 1 atom stereocenters. The van der Waals surface area contributed by atoms with E-state index in [-0.39, 0.29) is 17.1 Å². The molecule has 3 heterocycles. The number of thiazole rings is 1. The lowest BCUT2D eigenvalue weighted by Gasteiger charge is -2.39. The molecule has 5 heteroatoms. The summed E-state index contributed by atoms with van der Waals surface area (Å²) in [5.41, 5.74) is 4.93. The zero-order chi connectivity index (χ0) is 23.7. The molecule has 172 valence electrons. The number of benzene rings is 3. The van der Waals surface area contributed by atoms with Gasteiger partial charge in [-0.3, -0.25) is 4.79 Å². The van der Waals surface area contributed by atoms with Gasteiger partial charge in [0.25, 0.3) is 0 Å². The van der Waals surface area contributed by atoms with Crippen LogP contribution >= 0.6 is 11.3 Å². The van der Waals surface area contributed by atoms with Gasteiger partial charge in [0.2, 0.25) is 0 Å². The number of ketones is 1. The van der Waals surface area contributed by atoms with Crippen LogP contribution in [0.1, 0.15) is 43.9 Å². The highest BCUT2D eigenvalue weighted by Gasteiger charge is 2.42. The summed E-state index contributed by atoms with van der Waals surface area (Å²) in [7, 11) is 0. The van der Waals surface area contributed by atoms with E-state index in [0.717, 1.165) is 66.5 Å². The van der Waals surface area contributed by atoms with Crippen molar-refractivity contribution in [3.05, 3.63) is 95.4 Å². The van der Waals surface area contributed by atoms with E-state index in [1.807, 2.05) is 30.3 Å². The van der Waals surface area contributed by atoms with Crippen molar-refractivity contribution >= 4 is 43.8 Å². The predicted octanol–water partition coefficient (Wildman–Crippen LogP) is 7.91. The van der Waals surface area contributed by atoms with Crippen molar-refractivity contribution in [2.24, 2.45) is 5.41 Å². The van der Waals surface area contributed by atoms with Crippen molar-refractivity contribution in [2.45, 2.75) is 32.6 Å². The molecule has 1 aliphatic heterocycles. The number of fused-ring (bicyclic) bond motifs is 4. The first-order valence-electron chi connectivity index (χ1n) is 12.0. The van der Waals surface area contributed by atoms with Gasteiger partial charge in [0.1, 0.15) is 5.76 Å². The number of hydrogen-bond acceptors (Lipinski definition) is 5. The number of Topliss-reactive ketones (excluding diaryl/α,β-unsaturated/α-hetero) is 1. The lowest BCUT2D eigenvalue weighted by Crippen LogP contribution is -2.33. The summed E-state index contributed by atoms with van der Waals surface area (Å²) in [5.74, 6) is 1.48. The lowest BCUT2D eigenvalue weighted by molar-refractivity contribution is -0.118. The molecule has 0 amide bonds. The molecule has 0 fully saturated rings. The van der Waals surface area contributed by atoms with E-state index < -0.39 is 0 Å². The number of para-hydroxylation sites is 1. The molecule has 35 heavy (non-hydrogen) atoms. The monoisotopic (exact) mass is 476 g/mol. The third kappa shape index (κ3) is 3.26. The van der Waals surface area contributed by atoms with E-state index in [0.29, 0.717) is 6.42 Å². The average molecular weight is 477 g/mol. The van der Waals surface area contributed by atoms with Gasteiger partial charge in [-0.05, 0) is 58.5 Å².